The monoisotopic (exact) mass is 351 g/mol. The molecule has 0 aliphatic heterocycles. The second-order valence-corrected chi connectivity index (χ2v) is 5.98. The summed E-state index contributed by atoms with van der Waals surface area (Å²) in [5.74, 6) is 0.683. The van der Waals surface area contributed by atoms with Gasteiger partial charge in [-0.25, -0.2) is 0 Å². The summed E-state index contributed by atoms with van der Waals surface area (Å²) < 4.78 is 1.11. The molecule has 1 nitrogen and oxygen atoms in total. The average molecular weight is 352 g/mol. The molecule has 1 aromatic rings. The van der Waals surface area contributed by atoms with E-state index in [0.717, 1.165) is 21.6 Å². The second-order valence-electron chi connectivity index (χ2n) is 4.41. The van der Waals surface area contributed by atoms with Gasteiger partial charge in [0.1, 0.15) is 0 Å². The summed E-state index contributed by atoms with van der Waals surface area (Å²) in [7, 11) is 0. The molecule has 0 amide bonds. The standard InChI is InChI=1S/C13H19ClIN/c1-4-16-13(7-9(2)3)10-5-6-12(15)11(14)8-10/h5-6,8-9,13,16H,4,7H2,1-3H3. The molecule has 1 unspecified atom stereocenters. The molecule has 1 N–H and O–H groups in total. The van der Waals surface area contributed by atoms with E-state index in [1.54, 1.807) is 0 Å². The third-order valence-corrected chi connectivity index (χ3v) is 4.08. The van der Waals surface area contributed by atoms with E-state index in [4.69, 9.17) is 11.6 Å². The van der Waals surface area contributed by atoms with Crippen molar-refractivity contribution >= 4 is 34.2 Å². The van der Waals surface area contributed by atoms with Crippen LogP contribution in [0.1, 0.15) is 38.8 Å². The lowest BCUT2D eigenvalue weighted by molar-refractivity contribution is 0.438. The Bertz CT molecular complexity index is 339. The maximum Gasteiger partial charge on any atom is 0.0542 e. The van der Waals surface area contributed by atoms with Crippen LogP contribution in [0, 0.1) is 9.49 Å². The second kappa shape index (κ2) is 6.82. The van der Waals surface area contributed by atoms with Crippen LogP contribution in [-0.2, 0) is 0 Å². The zero-order valence-electron chi connectivity index (χ0n) is 10.1. The van der Waals surface area contributed by atoms with Crippen LogP contribution in [0.2, 0.25) is 5.02 Å². The Balaban J connectivity index is 2.87. The van der Waals surface area contributed by atoms with Gasteiger partial charge in [-0.05, 0) is 59.2 Å². The molecule has 0 radical (unpaired) electrons. The first kappa shape index (κ1) is 14.3. The van der Waals surface area contributed by atoms with Gasteiger partial charge in [-0.3, -0.25) is 0 Å². The van der Waals surface area contributed by atoms with Crippen LogP contribution in [0.25, 0.3) is 0 Å². The molecule has 0 spiro atoms. The zero-order chi connectivity index (χ0) is 12.1. The number of nitrogens with one attached hydrogen (secondary N) is 1. The molecule has 0 aliphatic rings. The molecule has 3 heteroatoms. The Morgan fingerprint density at radius 2 is 2.06 bits per heavy atom. The van der Waals surface area contributed by atoms with Crippen LogP contribution in [-0.4, -0.2) is 6.54 Å². The normalized spacial score (nSPS) is 13.1. The largest absolute Gasteiger partial charge is 0.310 e. The third kappa shape index (κ3) is 4.22. The van der Waals surface area contributed by atoms with Gasteiger partial charge in [-0.2, -0.15) is 0 Å². The van der Waals surface area contributed by atoms with E-state index in [1.165, 1.54) is 5.56 Å². The fourth-order valence-corrected chi connectivity index (χ4v) is 2.31. The Kier molecular flexibility index (Phi) is 6.08. The lowest BCUT2D eigenvalue weighted by atomic mass is 9.97. The van der Waals surface area contributed by atoms with E-state index < -0.39 is 0 Å². The smallest absolute Gasteiger partial charge is 0.0542 e. The summed E-state index contributed by atoms with van der Waals surface area (Å²) in [5.41, 5.74) is 1.29. The highest BCUT2D eigenvalue weighted by atomic mass is 127. The minimum atomic E-state index is 0.416. The molecule has 0 aromatic heterocycles. The summed E-state index contributed by atoms with van der Waals surface area (Å²) in [6.45, 7) is 7.62. The third-order valence-electron chi connectivity index (χ3n) is 2.50. The van der Waals surface area contributed by atoms with Crippen molar-refractivity contribution < 1.29 is 0 Å². The van der Waals surface area contributed by atoms with E-state index in [9.17, 15) is 0 Å². The molecule has 0 fully saturated rings. The molecule has 0 aliphatic carbocycles. The van der Waals surface area contributed by atoms with Crippen molar-refractivity contribution in [2.24, 2.45) is 5.92 Å². The van der Waals surface area contributed by atoms with Gasteiger partial charge < -0.3 is 5.32 Å². The minimum Gasteiger partial charge on any atom is -0.310 e. The predicted octanol–water partition coefficient (Wildman–Crippen LogP) is 4.64. The van der Waals surface area contributed by atoms with Gasteiger partial charge in [0.25, 0.3) is 0 Å². The molecular weight excluding hydrogens is 333 g/mol. The predicted molar refractivity (Wildman–Crippen MR) is 80.0 cm³/mol. The van der Waals surface area contributed by atoms with Gasteiger partial charge in [0.15, 0.2) is 0 Å². The summed E-state index contributed by atoms with van der Waals surface area (Å²) in [6.07, 6.45) is 1.14. The summed E-state index contributed by atoms with van der Waals surface area (Å²) >= 11 is 8.42. The molecule has 0 saturated heterocycles. The molecular formula is C13H19ClIN. The zero-order valence-corrected chi connectivity index (χ0v) is 13.0. The van der Waals surface area contributed by atoms with Crippen LogP contribution < -0.4 is 5.32 Å². The SMILES string of the molecule is CCNC(CC(C)C)c1ccc(I)c(Cl)c1. The van der Waals surface area contributed by atoms with Crippen LogP contribution in [0.3, 0.4) is 0 Å². The Hall–Kier alpha value is 0.200. The van der Waals surface area contributed by atoms with E-state index >= 15 is 0 Å². The van der Waals surface area contributed by atoms with Crippen LogP contribution >= 0.6 is 34.2 Å². The highest BCUT2D eigenvalue weighted by Gasteiger charge is 2.13. The number of benzene rings is 1. The Morgan fingerprint density at radius 1 is 1.38 bits per heavy atom. The van der Waals surface area contributed by atoms with Gasteiger partial charge >= 0.3 is 0 Å². The summed E-state index contributed by atoms with van der Waals surface area (Å²) in [6, 6.07) is 6.75. The van der Waals surface area contributed by atoms with E-state index in [0.29, 0.717) is 12.0 Å². The molecule has 16 heavy (non-hydrogen) atoms. The summed E-state index contributed by atoms with van der Waals surface area (Å²) in [5, 5.41) is 4.37. The Labute approximate surface area is 117 Å². The molecule has 1 atom stereocenters. The molecule has 90 valence electrons. The first-order valence-electron chi connectivity index (χ1n) is 5.73. The lowest BCUT2D eigenvalue weighted by Crippen LogP contribution is -2.22. The van der Waals surface area contributed by atoms with Gasteiger partial charge in [0.2, 0.25) is 0 Å². The maximum absolute atomic E-state index is 6.16. The van der Waals surface area contributed by atoms with E-state index in [-0.39, 0.29) is 0 Å². The minimum absolute atomic E-state index is 0.416. The van der Waals surface area contributed by atoms with E-state index in [1.807, 2.05) is 0 Å². The molecule has 1 aromatic carbocycles. The van der Waals surface area contributed by atoms with Gasteiger partial charge in [0.05, 0.1) is 5.02 Å². The van der Waals surface area contributed by atoms with Crippen molar-refractivity contribution in [3.05, 3.63) is 32.4 Å². The highest BCUT2D eigenvalue weighted by Crippen LogP contribution is 2.26. The van der Waals surface area contributed by atoms with Crippen molar-refractivity contribution in [1.29, 1.82) is 0 Å². The number of rotatable bonds is 5. The van der Waals surface area contributed by atoms with Crippen LogP contribution in [0.15, 0.2) is 18.2 Å². The highest BCUT2D eigenvalue weighted by molar-refractivity contribution is 14.1. The van der Waals surface area contributed by atoms with Gasteiger partial charge in [0, 0.05) is 9.61 Å². The van der Waals surface area contributed by atoms with Gasteiger partial charge in [-0.1, -0.05) is 38.4 Å². The Morgan fingerprint density at radius 3 is 2.56 bits per heavy atom. The first-order chi connectivity index (χ1) is 7.54. The van der Waals surface area contributed by atoms with E-state index in [2.05, 4.69) is 66.9 Å². The average Bonchev–Trinajstić information content (AvgIpc) is 2.21. The molecule has 0 heterocycles. The lowest BCUT2D eigenvalue weighted by Gasteiger charge is -2.20. The first-order valence-corrected chi connectivity index (χ1v) is 7.18. The van der Waals surface area contributed by atoms with Crippen molar-refractivity contribution in [2.45, 2.75) is 33.2 Å². The fraction of sp³-hybridized carbons (Fsp3) is 0.538. The molecule has 0 bridgehead atoms. The van der Waals surface area contributed by atoms with Gasteiger partial charge in [-0.15, -0.1) is 0 Å². The molecule has 1 rings (SSSR count). The number of halogens is 2. The van der Waals surface area contributed by atoms with Crippen LogP contribution in [0.5, 0.6) is 0 Å². The van der Waals surface area contributed by atoms with Crippen molar-refractivity contribution in [2.75, 3.05) is 6.54 Å². The summed E-state index contributed by atoms with van der Waals surface area (Å²) in [4.78, 5) is 0. The van der Waals surface area contributed by atoms with Crippen molar-refractivity contribution in [1.82, 2.24) is 5.32 Å². The van der Waals surface area contributed by atoms with Crippen LogP contribution in [0.4, 0.5) is 0 Å². The molecule has 0 saturated carbocycles. The maximum atomic E-state index is 6.16. The quantitative estimate of drug-likeness (QED) is 0.762. The van der Waals surface area contributed by atoms with Crippen molar-refractivity contribution in [3.8, 4) is 0 Å². The fourth-order valence-electron chi connectivity index (χ4n) is 1.78. The number of hydrogen-bond donors (Lipinski definition) is 1. The topological polar surface area (TPSA) is 12.0 Å². The van der Waals surface area contributed by atoms with Crippen molar-refractivity contribution in [3.63, 3.8) is 0 Å². The number of hydrogen-bond acceptors (Lipinski definition) is 1.